The molecule has 210 valence electrons. The number of methoxy groups -OCH3 is 1. The third-order valence-electron chi connectivity index (χ3n) is 6.13. The molecule has 3 aromatic rings. The summed E-state index contributed by atoms with van der Waals surface area (Å²) in [7, 11) is -1.97. The number of hydrogen-bond donors (Lipinski definition) is 5. The number of hydrogen-bond acceptors (Lipinski definition) is 7. The van der Waals surface area contributed by atoms with E-state index in [1.54, 1.807) is 13.2 Å². The lowest BCUT2D eigenvalue weighted by Crippen LogP contribution is -2.43. The number of ether oxygens (including phenoxy) is 1. The molecule has 0 heterocycles. The van der Waals surface area contributed by atoms with Crippen LogP contribution in [0, 0.1) is 0 Å². The molecular formula is C29H37N3O6S. The van der Waals surface area contributed by atoms with Gasteiger partial charge in [-0.2, -0.15) is 0 Å². The highest BCUT2D eigenvalue weighted by Gasteiger charge is 2.21. The van der Waals surface area contributed by atoms with Crippen molar-refractivity contribution in [3.05, 3.63) is 89.0 Å². The molecule has 3 rings (SSSR count). The van der Waals surface area contributed by atoms with Gasteiger partial charge in [-0.25, -0.2) is 8.42 Å². The first-order valence-electron chi connectivity index (χ1n) is 12.5. The maximum absolute atomic E-state index is 12.5. The van der Waals surface area contributed by atoms with Crippen molar-refractivity contribution in [3.63, 3.8) is 0 Å². The molecule has 0 saturated heterocycles. The van der Waals surface area contributed by atoms with Crippen molar-refractivity contribution < 1.29 is 28.2 Å². The lowest BCUT2D eigenvalue weighted by molar-refractivity contribution is -0.120. The lowest BCUT2D eigenvalue weighted by Gasteiger charge is -2.28. The molecule has 10 heteroatoms. The fourth-order valence-corrected chi connectivity index (χ4v) is 4.71. The Morgan fingerprint density at radius 1 is 1.00 bits per heavy atom. The number of carbonyl (C=O) groups is 1. The van der Waals surface area contributed by atoms with Gasteiger partial charge in [0, 0.05) is 18.6 Å². The number of phenolic OH excluding ortho intramolecular Hbond substituents is 1. The second kappa shape index (κ2) is 13.0. The number of β-amino-alcohol motifs (C(OH)–C–C–N with tert-alkyl or cyclic N) is 1. The normalized spacial score (nSPS) is 12.5. The molecule has 0 aliphatic heterocycles. The Hall–Kier alpha value is -3.60. The molecule has 0 saturated carbocycles. The summed E-state index contributed by atoms with van der Waals surface area (Å²) in [5.41, 5.74) is 3.03. The minimum absolute atomic E-state index is 0.0122. The number of rotatable bonds is 13. The zero-order chi connectivity index (χ0) is 28.6. The zero-order valence-electron chi connectivity index (χ0n) is 22.7. The predicted molar refractivity (Wildman–Crippen MR) is 152 cm³/mol. The highest BCUT2D eigenvalue weighted by atomic mass is 32.2. The predicted octanol–water partition coefficient (Wildman–Crippen LogP) is 3.28. The van der Waals surface area contributed by atoms with Gasteiger partial charge in [-0.1, -0.05) is 42.5 Å². The van der Waals surface area contributed by atoms with E-state index in [9.17, 15) is 23.4 Å². The topological polar surface area (TPSA) is 137 Å². The van der Waals surface area contributed by atoms with Crippen LogP contribution in [0.5, 0.6) is 11.5 Å². The largest absolute Gasteiger partial charge is 0.506 e. The molecule has 0 aromatic heterocycles. The zero-order valence-corrected chi connectivity index (χ0v) is 23.5. The minimum Gasteiger partial charge on any atom is -0.506 e. The molecule has 3 aromatic carbocycles. The summed E-state index contributed by atoms with van der Waals surface area (Å²) in [5.74, 6) is 0.478. The Balaban J connectivity index is 1.54. The molecule has 1 atom stereocenters. The number of nitrogens with one attached hydrogen (secondary N) is 3. The van der Waals surface area contributed by atoms with Crippen LogP contribution < -0.4 is 20.1 Å². The van der Waals surface area contributed by atoms with E-state index in [0.29, 0.717) is 18.5 Å². The van der Waals surface area contributed by atoms with E-state index in [4.69, 9.17) is 4.74 Å². The Labute approximate surface area is 230 Å². The molecule has 0 unspecified atom stereocenters. The molecular weight excluding hydrogens is 518 g/mol. The minimum atomic E-state index is -3.58. The van der Waals surface area contributed by atoms with E-state index in [-0.39, 0.29) is 35.8 Å². The van der Waals surface area contributed by atoms with Gasteiger partial charge in [0.2, 0.25) is 15.9 Å². The first kappa shape index (κ1) is 29.9. The van der Waals surface area contributed by atoms with Crippen molar-refractivity contribution in [2.45, 2.75) is 44.9 Å². The Bertz CT molecular complexity index is 1370. The maximum Gasteiger partial charge on any atom is 0.229 e. The molecule has 0 aliphatic carbocycles. The summed E-state index contributed by atoms with van der Waals surface area (Å²) in [6.07, 6.45) is 0.980. The Morgan fingerprint density at radius 3 is 2.36 bits per heavy atom. The Morgan fingerprint density at radius 2 is 1.69 bits per heavy atom. The smallest absolute Gasteiger partial charge is 0.229 e. The van der Waals surface area contributed by atoms with Gasteiger partial charge in [0.25, 0.3) is 0 Å². The van der Waals surface area contributed by atoms with Crippen molar-refractivity contribution in [1.82, 2.24) is 10.6 Å². The molecule has 39 heavy (non-hydrogen) atoms. The average molecular weight is 556 g/mol. The van der Waals surface area contributed by atoms with Gasteiger partial charge < -0.3 is 25.6 Å². The third kappa shape index (κ3) is 9.90. The molecule has 0 fully saturated rings. The number of anilines is 1. The van der Waals surface area contributed by atoms with Gasteiger partial charge in [-0.3, -0.25) is 9.52 Å². The molecule has 9 nitrogen and oxygen atoms in total. The van der Waals surface area contributed by atoms with Crippen molar-refractivity contribution in [1.29, 1.82) is 0 Å². The van der Waals surface area contributed by atoms with E-state index in [1.807, 2.05) is 62.4 Å². The highest BCUT2D eigenvalue weighted by molar-refractivity contribution is 7.92. The Kier molecular flexibility index (Phi) is 9.96. The van der Waals surface area contributed by atoms with E-state index < -0.39 is 16.1 Å². The number of phenols is 1. The molecule has 0 bridgehead atoms. The third-order valence-corrected chi connectivity index (χ3v) is 6.72. The second-order valence-electron chi connectivity index (χ2n) is 10.2. The monoisotopic (exact) mass is 555 g/mol. The quantitative estimate of drug-likeness (QED) is 0.204. The molecule has 5 N–H and O–H groups in total. The van der Waals surface area contributed by atoms with E-state index in [0.717, 1.165) is 28.7 Å². The fourth-order valence-electron chi connectivity index (χ4n) is 4.15. The van der Waals surface area contributed by atoms with Crippen LogP contribution in [0.25, 0.3) is 0 Å². The van der Waals surface area contributed by atoms with Crippen molar-refractivity contribution in [2.75, 3.05) is 24.6 Å². The molecule has 0 aliphatic rings. The summed E-state index contributed by atoms with van der Waals surface area (Å²) in [6.45, 7) is 4.68. The number of carbonyl (C=O) groups excluding carboxylic acids is 1. The lowest BCUT2D eigenvalue weighted by atomic mass is 9.93. The SMILES string of the molecule is COc1ccc(CNC(=O)Cc2cccc(CC(C)(C)NC[C@H](O)c3ccc(O)c(NS(C)(=O)=O)c3)c2)cc1. The molecule has 0 spiro atoms. The standard InChI is InChI=1S/C29H37N3O6S/c1-29(2,31-19-27(34)23-10-13-26(33)25(16-23)32-39(4,36)37)17-22-7-5-6-21(14-22)15-28(35)30-18-20-8-11-24(38-3)12-9-20/h5-14,16,27,31-34H,15,17-19H2,1-4H3,(H,30,35)/t27-/m0/s1. The molecule has 0 radical (unpaired) electrons. The van der Waals surface area contributed by atoms with Crippen LogP contribution in [0.3, 0.4) is 0 Å². The maximum atomic E-state index is 12.5. The van der Waals surface area contributed by atoms with Crippen molar-refractivity contribution >= 4 is 21.6 Å². The van der Waals surface area contributed by atoms with Gasteiger partial charge in [-0.05, 0) is 66.8 Å². The van der Waals surface area contributed by atoms with E-state index in [2.05, 4.69) is 15.4 Å². The average Bonchev–Trinajstić information content (AvgIpc) is 2.87. The number of aromatic hydroxyl groups is 1. The van der Waals surface area contributed by atoms with Crippen molar-refractivity contribution in [2.24, 2.45) is 0 Å². The molecule has 1 amide bonds. The number of amides is 1. The van der Waals surface area contributed by atoms with E-state index >= 15 is 0 Å². The summed E-state index contributed by atoms with van der Waals surface area (Å²) in [5, 5.41) is 26.9. The summed E-state index contributed by atoms with van der Waals surface area (Å²) in [4.78, 5) is 12.5. The van der Waals surface area contributed by atoms with Gasteiger partial charge >= 0.3 is 0 Å². The van der Waals surface area contributed by atoms with Crippen LogP contribution >= 0.6 is 0 Å². The number of aliphatic hydroxyl groups excluding tert-OH is 1. The van der Waals surface area contributed by atoms with Crippen LogP contribution in [0.1, 0.15) is 42.2 Å². The van der Waals surface area contributed by atoms with Crippen molar-refractivity contribution in [3.8, 4) is 11.5 Å². The van der Waals surface area contributed by atoms with Crippen LogP contribution in [0.4, 0.5) is 5.69 Å². The van der Waals surface area contributed by atoms with Crippen LogP contribution in [0.2, 0.25) is 0 Å². The summed E-state index contributed by atoms with van der Waals surface area (Å²) < 4.78 is 30.5. The fraction of sp³-hybridized carbons (Fsp3) is 0.345. The first-order valence-corrected chi connectivity index (χ1v) is 14.4. The van der Waals surface area contributed by atoms with Gasteiger partial charge in [0.1, 0.15) is 11.5 Å². The summed E-state index contributed by atoms with van der Waals surface area (Å²) in [6, 6.07) is 19.7. The number of aliphatic hydroxyl groups is 1. The van der Waals surface area contributed by atoms with E-state index in [1.165, 1.54) is 12.1 Å². The second-order valence-corrected chi connectivity index (χ2v) is 12.0. The van der Waals surface area contributed by atoms with Gasteiger partial charge in [0.05, 0.1) is 31.6 Å². The first-order chi connectivity index (χ1) is 18.3. The number of benzene rings is 3. The van der Waals surface area contributed by atoms with Crippen LogP contribution in [-0.2, 0) is 34.2 Å². The van der Waals surface area contributed by atoms with Gasteiger partial charge in [-0.15, -0.1) is 0 Å². The van der Waals surface area contributed by atoms with Crippen LogP contribution in [-0.4, -0.2) is 50.0 Å². The van der Waals surface area contributed by atoms with Crippen LogP contribution in [0.15, 0.2) is 66.7 Å². The highest BCUT2D eigenvalue weighted by Crippen LogP contribution is 2.28. The number of sulfonamides is 1. The van der Waals surface area contributed by atoms with Gasteiger partial charge in [0.15, 0.2) is 0 Å². The summed E-state index contributed by atoms with van der Waals surface area (Å²) >= 11 is 0.